The molecule has 6 atom stereocenters. The molecule has 33 heavy (non-hydrogen) atoms. The summed E-state index contributed by atoms with van der Waals surface area (Å²) in [4.78, 5) is 14.5. The Bertz CT molecular complexity index is 652. The Morgan fingerprint density at radius 2 is 1.94 bits per heavy atom. The molecule has 0 bridgehead atoms. The summed E-state index contributed by atoms with van der Waals surface area (Å²) in [5, 5.41) is 21.0. The summed E-state index contributed by atoms with van der Waals surface area (Å²) in [5.74, 6) is 3.66. The van der Waals surface area contributed by atoms with Gasteiger partial charge in [0, 0.05) is 35.9 Å². The Morgan fingerprint density at radius 3 is 2.58 bits per heavy atom. The first kappa shape index (κ1) is 28.5. The SMILES string of the molecule is CCCC[C@H](C)C[C@H](O)/C=C/[C@@H]1[C@H]2CC(CSCCC(=O)N(C(C)C)C(C)C)=C[C@H]2C[C@H]1O. The summed E-state index contributed by atoms with van der Waals surface area (Å²) in [7, 11) is 0. The summed E-state index contributed by atoms with van der Waals surface area (Å²) < 4.78 is 0. The second kappa shape index (κ2) is 13.9. The molecule has 0 aromatic carbocycles. The van der Waals surface area contributed by atoms with Crippen molar-refractivity contribution in [2.75, 3.05) is 11.5 Å². The number of allylic oxidation sites excluding steroid dienone is 1. The number of fused-ring (bicyclic) bond motifs is 1. The Hall–Kier alpha value is -0.780. The van der Waals surface area contributed by atoms with Gasteiger partial charge >= 0.3 is 0 Å². The third kappa shape index (κ3) is 8.74. The highest BCUT2D eigenvalue weighted by Gasteiger charge is 2.43. The fraction of sp³-hybridized carbons (Fsp3) is 0.821. The minimum atomic E-state index is -0.415. The molecule has 0 unspecified atom stereocenters. The number of aliphatic hydroxyl groups is 2. The minimum Gasteiger partial charge on any atom is -0.392 e. The maximum absolute atomic E-state index is 12.5. The van der Waals surface area contributed by atoms with Crippen LogP contribution in [0.25, 0.3) is 0 Å². The number of carbonyl (C=O) groups excluding carboxylic acids is 1. The first-order valence-corrected chi connectivity index (χ1v) is 14.4. The molecule has 0 aromatic heterocycles. The van der Waals surface area contributed by atoms with E-state index in [2.05, 4.69) is 53.7 Å². The molecule has 190 valence electrons. The van der Waals surface area contributed by atoms with Gasteiger partial charge in [-0.1, -0.05) is 56.9 Å². The van der Waals surface area contributed by atoms with Crippen LogP contribution in [0.3, 0.4) is 0 Å². The monoisotopic (exact) mass is 479 g/mol. The van der Waals surface area contributed by atoms with Crippen LogP contribution < -0.4 is 0 Å². The molecule has 0 radical (unpaired) electrons. The zero-order valence-electron chi connectivity index (χ0n) is 21.9. The summed E-state index contributed by atoms with van der Waals surface area (Å²) in [5.41, 5.74) is 1.46. The lowest BCUT2D eigenvalue weighted by Crippen LogP contribution is -2.42. The van der Waals surface area contributed by atoms with E-state index in [9.17, 15) is 15.0 Å². The first-order chi connectivity index (χ1) is 15.6. The van der Waals surface area contributed by atoms with Gasteiger partial charge in [-0.25, -0.2) is 0 Å². The number of aliphatic hydroxyl groups excluding tert-OH is 2. The lowest BCUT2D eigenvalue weighted by Gasteiger charge is -2.30. The molecule has 0 aliphatic heterocycles. The van der Waals surface area contributed by atoms with Crippen LogP contribution in [0.2, 0.25) is 0 Å². The van der Waals surface area contributed by atoms with Crippen molar-refractivity contribution in [2.45, 2.75) is 111 Å². The highest BCUT2D eigenvalue weighted by molar-refractivity contribution is 7.99. The molecule has 1 amide bonds. The van der Waals surface area contributed by atoms with Gasteiger partial charge in [-0.05, 0) is 64.7 Å². The predicted octanol–water partition coefficient (Wildman–Crippen LogP) is 5.83. The van der Waals surface area contributed by atoms with Gasteiger partial charge in [-0.2, -0.15) is 11.8 Å². The largest absolute Gasteiger partial charge is 0.392 e. The molecule has 0 spiro atoms. The Morgan fingerprint density at radius 1 is 1.24 bits per heavy atom. The van der Waals surface area contributed by atoms with Crippen molar-refractivity contribution in [3.8, 4) is 0 Å². The average molecular weight is 480 g/mol. The Labute approximate surface area is 207 Å². The van der Waals surface area contributed by atoms with E-state index in [-0.39, 0.29) is 30.0 Å². The fourth-order valence-electron chi connectivity index (χ4n) is 5.79. The van der Waals surface area contributed by atoms with Crippen molar-refractivity contribution < 1.29 is 15.0 Å². The van der Waals surface area contributed by atoms with Gasteiger partial charge in [0.15, 0.2) is 0 Å². The zero-order chi connectivity index (χ0) is 24.5. The number of nitrogens with zero attached hydrogens (tertiary/aromatic N) is 1. The topological polar surface area (TPSA) is 60.8 Å². The second-order valence-electron chi connectivity index (χ2n) is 11.0. The van der Waals surface area contributed by atoms with Crippen LogP contribution >= 0.6 is 11.8 Å². The van der Waals surface area contributed by atoms with Gasteiger partial charge in [0.1, 0.15) is 0 Å². The van der Waals surface area contributed by atoms with E-state index in [1.54, 1.807) is 0 Å². The van der Waals surface area contributed by atoms with E-state index in [4.69, 9.17) is 0 Å². The van der Waals surface area contributed by atoms with Crippen molar-refractivity contribution >= 4 is 17.7 Å². The van der Waals surface area contributed by atoms with E-state index in [1.807, 2.05) is 22.7 Å². The summed E-state index contributed by atoms with van der Waals surface area (Å²) in [6, 6.07) is 0.489. The number of carbonyl (C=O) groups is 1. The molecular formula is C28H49NO3S. The smallest absolute Gasteiger partial charge is 0.223 e. The number of hydrogen-bond acceptors (Lipinski definition) is 4. The lowest BCUT2D eigenvalue weighted by atomic mass is 9.88. The highest BCUT2D eigenvalue weighted by atomic mass is 32.2. The number of rotatable bonds is 14. The van der Waals surface area contributed by atoms with Gasteiger partial charge in [0.05, 0.1) is 12.2 Å². The molecule has 2 N–H and O–H groups in total. The molecule has 1 saturated carbocycles. The van der Waals surface area contributed by atoms with E-state index in [0.29, 0.717) is 24.2 Å². The van der Waals surface area contributed by atoms with Crippen LogP contribution in [0.5, 0.6) is 0 Å². The van der Waals surface area contributed by atoms with Gasteiger partial charge in [-0.3, -0.25) is 4.79 Å². The van der Waals surface area contributed by atoms with Crippen LogP contribution in [0, 0.1) is 23.7 Å². The van der Waals surface area contributed by atoms with Gasteiger partial charge in [0.25, 0.3) is 0 Å². The third-order valence-corrected chi connectivity index (χ3v) is 8.42. The van der Waals surface area contributed by atoms with E-state index in [0.717, 1.165) is 30.8 Å². The number of thioether (sulfide) groups is 1. The fourth-order valence-corrected chi connectivity index (χ4v) is 6.73. The average Bonchev–Trinajstić information content (AvgIpc) is 3.23. The maximum Gasteiger partial charge on any atom is 0.223 e. The molecule has 1 fully saturated rings. The van der Waals surface area contributed by atoms with Crippen LogP contribution in [0.15, 0.2) is 23.8 Å². The molecule has 2 rings (SSSR count). The quantitative estimate of drug-likeness (QED) is 0.243. The first-order valence-electron chi connectivity index (χ1n) is 13.3. The summed E-state index contributed by atoms with van der Waals surface area (Å²) in [6.45, 7) is 12.7. The zero-order valence-corrected chi connectivity index (χ0v) is 22.7. The van der Waals surface area contributed by atoms with Gasteiger partial charge in [-0.15, -0.1) is 0 Å². The second-order valence-corrected chi connectivity index (χ2v) is 12.1. The van der Waals surface area contributed by atoms with E-state index >= 15 is 0 Å². The van der Waals surface area contributed by atoms with Crippen LogP contribution in [-0.2, 0) is 4.79 Å². The van der Waals surface area contributed by atoms with Crippen molar-refractivity contribution in [3.63, 3.8) is 0 Å². The van der Waals surface area contributed by atoms with Gasteiger partial charge in [0.2, 0.25) is 5.91 Å². The van der Waals surface area contributed by atoms with Crippen LogP contribution in [0.4, 0.5) is 0 Å². The normalized spacial score (nSPS) is 26.8. The van der Waals surface area contributed by atoms with E-state index < -0.39 is 6.10 Å². The highest BCUT2D eigenvalue weighted by Crippen LogP contribution is 2.47. The number of unbranched alkanes of at least 4 members (excludes halogenated alkanes) is 1. The molecule has 4 nitrogen and oxygen atoms in total. The number of amides is 1. The molecule has 5 heteroatoms. The summed E-state index contributed by atoms with van der Waals surface area (Å²) >= 11 is 1.86. The molecular weight excluding hydrogens is 430 g/mol. The van der Waals surface area contributed by atoms with Crippen LogP contribution in [0.1, 0.15) is 86.5 Å². The third-order valence-electron chi connectivity index (χ3n) is 7.35. The summed E-state index contributed by atoms with van der Waals surface area (Å²) in [6.07, 6.45) is 12.5. The molecule has 0 heterocycles. The Kier molecular flexibility index (Phi) is 12.0. The number of hydrogen-bond donors (Lipinski definition) is 2. The molecule has 0 aromatic rings. The minimum absolute atomic E-state index is 0.140. The molecule has 2 aliphatic carbocycles. The van der Waals surface area contributed by atoms with E-state index in [1.165, 1.54) is 24.8 Å². The Balaban J connectivity index is 1.77. The van der Waals surface area contributed by atoms with Gasteiger partial charge < -0.3 is 15.1 Å². The van der Waals surface area contributed by atoms with Crippen molar-refractivity contribution in [2.24, 2.45) is 23.7 Å². The lowest BCUT2D eigenvalue weighted by molar-refractivity contribution is -0.134. The van der Waals surface area contributed by atoms with Crippen molar-refractivity contribution in [1.82, 2.24) is 4.90 Å². The van der Waals surface area contributed by atoms with Crippen molar-refractivity contribution in [1.29, 1.82) is 0 Å². The predicted molar refractivity (Wildman–Crippen MR) is 141 cm³/mol. The molecule has 2 aliphatic rings. The molecule has 0 saturated heterocycles. The standard InChI is InChI=1S/C28H49NO3S/c1-7-8-9-21(6)14-24(30)10-11-25-26-16-22(15-23(26)17-27(25)31)18-33-13-12-28(32)29(19(2)3)20(4)5/h10-11,15,19-21,23-27,30-31H,7-9,12-14,16-18H2,1-6H3/b11-10+/t21-,23-,24+,25+,26-,27+/m0/s1. The maximum atomic E-state index is 12.5. The van der Waals surface area contributed by atoms with Crippen molar-refractivity contribution in [3.05, 3.63) is 23.8 Å². The van der Waals surface area contributed by atoms with Crippen LogP contribution in [-0.4, -0.2) is 56.8 Å².